The van der Waals surface area contributed by atoms with Crippen molar-refractivity contribution in [3.8, 4) is 0 Å². The van der Waals surface area contributed by atoms with Crippen molar-refractivity contribution in [1.29, 1.82) is 0 Å². The zero-order valence-corrected chi connectivity index (χ0v) is 10.2. The first-order valence-corrected chi connectivity index (χ1v) is 5.86. The second-order valence-corrected chi connectivity index (χ2v) is 4.41. The molecule has 1 aliphatic heterocycles. The lowest BCUT2D eigenvalue weighted by molar-refractivity contribution is -0.141. The summed E-state index contributed by atoms with van der Waals surface area (Å²) in [5.74, 6) is -0.260. The Bertz CT molecular complexity index is 429. The fraction of sp³-hybridized carbons (Fsp3) is 0.500. The van der Waals surface area contributed by atoms with E-state index in [-0.39, 0.29) is 6.03 Å². The number of urea groups is 1. The molecule has 0 aromatic carbocycles. The molecule has 0 spiro atoms. The molecule has 6 heteroatoms. The fourth-order valence-corrected chi connectivity index (χ4v) is 2.18. The van der Waals surface area contributed by atoms with E-state index >= 15 is 0 Å². The molecular weight excluding hydrogens is 236 g/mol. The average Bonchev–Trinajstić information content (AvgIpc) is 2.97. The minimum atomic E-state index is -0.938. The van der Waals surface area contributed by atoms with Crippen LogP contribution in [-0.2, 0) is 11.3 Å². The largest absolute Gasteiger partial charge is 0.480 e. The molecule has 1 fully saturated rings. The third-order valence-electron chi connectivity index (χ3n) is 3.08. The maximum atomic E-state index is 12.1. The smallest absolute Gasteiger partial charge is 0.326 e. The van der Waals surface area contributed by atoms with Crippen LogP contribution < -0.4 is 0 Å². The summed E-state index contributed by atoms with van der Waals surface area (Å²) in [5.41, 5.74) is 0. The standard InChI is InChI=1S/C12H16N2O4/c1-13(8-9-4-3-7-18-9)12(17)14-6-2-5-10(14)11(15)16/h3-4,7,10H,2,5-6,8H2,1H3,(H,15,16)/t10-/m0/s1. The Morgan fingerprint density at radius 2 is 2.39 bits per heavy atom. The van der Waals surface area contributed by atoms with Gasteiger partial charge in [0.05, 0.1) is 12.8 Å². The van der Waals surface area contributed by atoms with Gasteiger partial charge in [-0.15, -0.1) is 0 Å². The fourth-order valence-electron chi connectivity index (χ4n) is 2.18. The second kappa shape index (κ2) is 5.12. The average molecular weight is 252 g/mol. The van der Waals surface area contributed by atoms with Crippen molar-refractivity contribution in [2.75, 3.05) is 13.6 Å². The van der Waals surface area contributed by atoms with E-state index in [1.165, 1.54) is 9.80 Å². The number of rotatable bonds is 3. The van der Waals surface area contributed by atoms with Gasteiger partial charge >= 0.3 is 12.0 Å². The van der Waals surface area contributed by atoms with E-state index in [9.17, 15) is 9.59 Å². The molecule has 1 aromatic heterocycles. The van der Waals surface area contributed by atoms with Crippen LogP contribution in [0.4, 0.5) is 4.79 Å². The van der Waals surface area contributed by atoms with Crippen LogP contribution in [0.3, 0.4) is 0 Å². The minimum absolute atomic E-state index is 0.267. The topological polar surface area (TPSA) is 74.0 Å². The number of carbonyl (C=O) groups excluding carboxylic acids is 1. The Morgan fingerprint density at radius 3 is 3.00 bits per heavy atom. The zero-order valence-electron chi connectivity index (χ0n) is 10.2. The Kier molecular flexibility index (Phi) is 3.55. The van der Waals surface area contributed by atoms with E-state index in [1.54, 1.807) is 25.4 Å². The van der Waals surface area contributed by atoms with E-state index < -0.39 is 12.0 Å². The van der Waals surface area contributed by atoms with E-state index in [0.29, 0.717) is 25.3 Å². The van der Waals surface area contributed by atoms with Crippen molar-refractivity contribution in [2.24, 2.45) is 0 Å². The summed E-state index contributed by atoms with van der Waals surface area (Å²) in [6.07, 6.45) is 2.80. The van der Waals surface area contributed by atoms with E-state index in [0.717, 1.165) is 6.42 Å². The first kappa shape index (κ1) is 12.5. The van der Waals surface area contributed by atoms with Crippen LogP contribution in [0.25, 0.3) is 0 Å². The molecule has 0 radical (unpaired) electrons. The molecule has 1 atom stereocenters. The van der Waals surface area contributed by atoms with Crippen molar-refractivity contribution in [2.45, 2.75) is 25.4 Å². The molecule has 2 amide bonds. The Morgan fingerprint density at radius 1 is 1.61 bits per heavy atom. The normalized spacial score (nSPS) is 18.9. The molecular formula is C12H16N2O4. The third kappa shape index (κ3) is 2.47. The van der Waals surface area contributed by atoms with Crippen LogP contribution >= 0.6 is 0 Å². The minimum Gasteiger partial charge on any atom is -0.480 e. The maximum absolute atomic E-state index is 12.1. The van der Waals surface area contributed by atoms with Gasteiger partial charge < -0.3 is 19.3 Å². The SMILES string of the molecule is CN(Cc1ccco1)C(=O)N1CCC[C@H]1C(=O)O. The molecule has 1 saturated heterocycles. The van der Waals surface area contributed by atoms with Gasteiger partial charge in [-0.25, -0.2) is 9.59 Å². The van der Waals surface area contributed by atoms with Crippen LogP contribution in [-0.4, -0.2) is 46.5 Å². The summed E-state index contributed by atoms with van der Waals surface area (Å²) < 4.78 is 5.16. The van der Waals surface area contributed by atoms with Gasteiger partial charge in [0, 0.05) is 13.6 Å². The lowest BCUT2D eigenvalue weighted by Gasteiger charge is -2.27. The van der Waals surface area contributed by atoms with Crippen molar-refractivity contribution in [1.82, 2.24) is 9.80 Å². The van der Waals surface area contributed by atoms with Gasteiger partial charge in [-0.2, -0.15) is 0 Å². The summed E-state index contributed by atoms with van der Waals surface area (Å²) >= 11 is 0. The van der Waals surface area contributed by atoms with E-state index in [2.05, 4.69) is 0 Å². The number of amides is 2. The third-order valence-corrected chi connectivity index (χ3v) is 3.08. The molecule has 6 nitrogen and oxygen atoms in total. The maximum Gasteiger partial charge on any atom is 0.326 e. The molecule has 0 saturated carbocycles. The molecule has 2 rings (SSSR count). The van der Waals surface area contributed by atoms with E-state index in [1.807, 2.05) is 0 Å². The molecule has 0 aliphatic carbocycles. The van der Waals surface area contributed by atoms with Crippen molar-refractivity contribution in [3.63, 3.8) is 0 Å². The Hall–Kier alpha value is -1.98. The van der Waals surface area contributed by atoms with Gasteiger partial charge in [0.15, 0.2) is 0 Å². The first-order valence-electron chi connectivity index (χ1n) is 5.86. The van der Waals surface area contributed by atoms with Crippen molar-refractivity contribution < 1.29 is 19.1 Å². The van der Waals surface area contributed by atoms with Gasteiger partial charge in [0.2, 0.25) is 0 Å². The van der Waals surface area contributed by atoms with Crippen LogP contribution in [0, 0.1) is 0 Å². The van der Waals surface area contributed by atoms with Gasteiger partial charge in [0.1, 0.15) is 11.8 Å². The van der Waals surface area contributed by atoms with Crippen LogP contribution in [0.2, 0.25) is 0 Å². The van der Waals surface area contributed by atoms with Gasteiger partial charge in [0.25, 0.3) is 0 Å². The molecule has 18 heavy (non-hydrogen) atoms. The number of hydrogen-bond donors (Lipinski definition) is 1. The molecule has 1 N–H and O–H groups in total. The Labute approximate surface area is 105 Å². The lowest BCUT2D eigenvalue weighted by Crippen LogP contribution is -2.46. The summed E-state index contributed by atoms with van der Waals surface area (Å²) in [4.78, 5) is 26.0. The van der Waals surface area contributed by atoms with Gasteiger partial charge in [-0.05, 0) is 25.0 Å². The number of carboxylic acid groups (broad SMARTS) is 1. The highest BCUT2D eigenvalue weighted by atomic mass is 16.4. The lowest BCUT2D eigenvalue weighted by atomic mass is 10.2. The molecule has 2 heterocycles. The zero-order chi connectivity index (χ0) is 13.1. The monoisotopic (exact) mass is 252 g/mol. The molecule has 98 valence electrons. The quantitative estimate of drug-likeness (QED) is 0.882. The Balaban J connectivity index is 1.99. The number of aliphatic carboxylic acids is 1. The summed E-state index contributed by atoms with van der Waals surface area (Å²) in [6.45, 7) is 0.840. The predicted octanol–water partition coefficient (Wildman–Crippen LogP) is 1.38. The molecule has 0 unspecified atom stereocenters. The molecule has 0 bridgehead atoms. The van der Waals surface area contributed by atoms with Gasteiger partial charge in [-0.3, -0.25) is 0 Å². The molecule has 1 aromatic rings. The number of carboxylic acids is 1. The number of hydrogen-bond acceptors (Lipinski definition) is 3. The summed E-state index contributed by atoms with van der Waals surface area (Å²) in [6, 6.07) is 2.57. The van der Waals surface area contributed by atoms with Crippen molar-refractivity contribution in [3.05, 3.63) is 24.2 Å². The van der Waals surface area contributed by atoms with Crippen LogP contribution in [0.5, 0.6) is 0 Å². The van der Waals surface area contributed by atoms with Crippen molar-refractivity contribution >= 4 is 12.0 Å². The highest BCUT2D eigenvalue weighted by Crippen LogP contribution is 2.19. The highest BCUT2D eigenvalue weighted by molar-refractivity contribution is 5.83. The number of likely N-dealkylation sites (tertiary alicyclic amines) is 1. The van der Waals surface area contributed by atoms with Crippen LogP contribution in [0.15, 0.2) is 22.8 Å². The van der Waals surface area contributed by atoms with E-state index in [4.69, 9.17) is 9.52 Å². The summed E-state index contributed by atoms with van der Waals surface area (Å²) in [5, 5.41) is 9.04. The number of nitrogens with zero attached hydrogens (tertiary/aromatic N) is 2. The number of furan rings is 1. The first-order chi connectivity index (χ1) is 8.59. The predicted molar refractivity (Wildman–Crippen MR) is 62.9 cm³/mol. The molecule has 1 aliphatic rings. The highest BCUT2D eigenvalue weighted by Gasteiger charge is 2.35. The number of carbonyl (C=O) groups is 2. The van der Waals surface area contributed by atoms with Gasteiger partial charge in [-0.1, -0.05) is 0 Å². The van der Waals surface area contributed by atoms with Crippen LogP contribution in [0.1, 0.15) is 18.6 Å². The second-order valence-electron chi connectivity index (χ2n) is 4.41. The summed E-state index contributed by atoms with van der Waals surface area (Å²) in [7, 11) is 1.64.